The zero-order chi connectivity index (χ0) is 13.1. The van der Waals surface area contributed by atoms with E-state index < -0.39 is 5.91 Å². The summed E-state index contributed by atoms with van der Waals surface area (Å²) in [6.07, 6.45) is 1.48. The van der Waals surface area contributed by atoms with Crippen molar-refractivity contribution in [2.24, 2.45) is 5.73 Å². The Morgan fingerprint density at radius 2 is 1.94 bits per heavy atom. The molecular formula is C13H14N4O. The molecule has 92 valence electrons. The quantitative estimate of drug-likeness (QED) is 0.765. The molecule has 0 spiro atoms. The summed E-state index contributed by atoms with van der Waals surface area (Å²) >= 11 is 0. The van der Waals surface area contributed by atoms with Crippen molar-refractivity contribution in [2.75, 3.05) is 11.1 Å². The van der Waals surface area contributed by atoms with Crippen molar-refractivity contribution in [3.63, 3.8) is 0 Å². The first-order chi connectivity index (χ1) is 8.56. The number of nitrogen functional groups attached to an aromatic ring is 1. The van der Waals surface area contributed by atoms with Crippen molar-refractivity contribution in [3.8, 4) is 0 Å². The maximum Gasteiger partial charge on any atom is 0.252 e. The van der Waals surface area contributed by atoms with Crippen LogP contribution in [0.4, 0.5) is 17.2 Å². The number of hydrogen-bond acceptors (Lipinski definition) is 4. The second-order valence-electron chi connectivity index (χ2n) is 4.02. The largest absolute Gasteiger partial charge is 0.397 e. The van der Waals surface area contributed by atoms with Crippen molar-refractivity contribution in [3.05, 3.63) is 47.7 Å². The van der Waals surface area contributed by atoms with Crippen LogP contribution in [-0.2, 0) is 0 Å². The molecule has 5 N–H and O–H groups in total. The summed E-state index contributed by atoms with van der Waals surface area (Å²) in [6.45, 7) is 2.00. The number of aryl methyl sites for hydroxylation is 1. The normalized spacial score (nSPS) is 10.1. The molecule has 18 heavy (non-hydrogen) atoms. The minimum atomic E-state index is -0.565. The monoisotopic (exact) mass is 242 g/mol. The maximum atomic E-state index is 11.3. The number of hydrogen-bond donors (Lipinski definition) is 3. The van der Waals surface area contributed by atoms with Gasteiger partial charge in [-0.15, -0.1) is 0 Å². The lowest BCUT2D eigenvalue weighted by Crippen LogP contribution is -2.14. The molecule has 1 amide bonds. The molecule has 2 rings (SSSR count). The number of pyridine rings is 1. The average molecular weight is 242 g/mol. The number of carbonyl (C=O) groups is 1. The van der Waals surface area contributed by atoms with Crippen molar-refractivity contribution in [1.29, 1.82) is 0 Å². The van der Waals surface area contributed by atoms with Crippen LogP contribution >= 0.6 is 0 Å². The van der Waals surface area contributed by atoms with E-state index in [1.54, 1.807) is 0 Å². The average Bonchev–Trinajstić information content (AvgIpc) is 2.34. The van der Waals surface area contributed by atoms with E-state index in [0.717, 1.165) is 11.3 Å². The standard InChI is InChI=1S/C13H14N4O/c1-8-2-4-10(5-3-8)17-13-11(12(15)18)6-9(14)7-16-13/h2-7H,14H2,1H3,(H2,15,18)(H,16,17). The molecule has 1 aromatic carbocycles. The molecule has 5 nitrogen and oxygen atoms in total. The van der Waals surface area contributed by atoms with Crippen molar-refractivity contribution in [2.45, 2.75) is 6.92 Å². The summed E-state index contributed by atoms with van der Waals surface area (Å²) in [5.41, 5.74) is 13.5. The second kappa shape index (κ2) is 4.75. The van der Waals surface area contributed by atoms with Crippen LogP contribution in [0.15, 0.2) is 36.5 Å². The van der Waals surface area contributed by atoms with Gasteiger partial charge in [0.15, 0.2) is 0 Å². The summed E-state index contributed by atoms with van der Waals surface area (Å²) in [5, 5.41) is 3.04. The molecule has 5 heteroatoms. The molecule has 0 aliphatic heterocycles. The lowest BCUT2D eigenvalue weighted by atomic mass is 10.2. The third kappa shape index (κ3) is 2.57. The highest BCUT2D eigenvalue weighted by molar-refractivity contribution is 5.99. The van der Waals surface area contributed by atoms with E-state index in [4.69, 9.17) is 11.5 Å². The molecule has 0 radical (unpaired) electrons. The fourth-order valence-electron chi connectivity index (χ4n) is 1.54. The van der Waals surface area contributed by atoms with Gasteiger partial charge in [-0.05, 0) is 25.1 Å². The minimum Gasteiger partial charge on any atom is -0.397 e. The van der Waals surface area contributed by atoms with Gasteiger partial charge < -0.3 is 16.8 Å². The molecule has 2 aromatic rings. The van der Waals surface area contributed by atoms with Gasteiger partial charge >= 0.3 is 0 Å². The maximum absolute atomic E-state index is 11.3. The summed E-state index contributed by atoms with van der Waals surface area (Å²) in [6, 6.07) is 9.23. The Balaban J connectivity index is 2.34. The number of primary amides is 1. The molecule has 0 bridgehead atoms. The van der Waals surface area contributed by atoms with Crippen molar-refractivity contribution in [1.82, 2.24) is 4.98 Å². The van der Waals surface area contributed by atoms with Gasteiger partial charge in [-0.2, -0.15) is 0 Å². The Kier molecular flexibility index (Phi) is 3.14. The molecule has 0 aliphatic carbocycles. The van der Waals surface area contributed by atoms with Gasteiger partial charge in [0.25, 0.3) is 5.91 Å². The van der Waals surface area contributed by atoms with Crippen LogP contribution in [0.25, 0.3) is 0 Å². The van der Waals surface area contributed by atoms with E-state index in [-0.39, 0.29) is 5.56 Å². The van der Waals surface area contributed by atoms with Gasteiger partial charge in [-0.1, -0.05) is 17.7 Å². The van der Waals surface area contributed by atoms with Gasteiger partial charge in [0, 0.05) is 5.69 Å². The van der Waals surface area contributed by atoms with Gasteiger partial charge in [-0.25, -0.2) is 4.98 Å². The van der Waals surface area contributed by atoms with Crippen molar-refractivity contribution >= 4 is 23.1 Å². The first-order valence-corrected chi connectivity index (χ1v) is 5.45. The van der Waals surface area contributed by atoms with Crippen molar-refractivity contribution < 1.29 is 4.79 Å². The van der Waals surface area contributed by atoms with Crippen LogP contribution in [-0.4, -0.2) is 10.9 Å². The number of anilines is 3. The summed E-state index contributed by atoms with van der Waals surface area (Å²) in [4.78, 5) is 15.4. The molecule has 1 aromatic heterocycles. The first-order valence-electron chi connectivity index (χ1n) is 5.45. The van der Waals surface area contributed by atoms with Gasteiger partial charge in [0.1, 0.15) is 5.82 Å². The molecule has 0 unspecified atom stereocenters. The highest BCUT2D eigenvalue weighted by atomic mass is 16.1. The zero-order valence-corrected chi connectivity index (χ0v) is 9.97. The van der Waals surface area contributed by atoms with E-state index >= 15 is 0 Å². The third-order valence-electron chi connectivity index (χ3n) is 2.49. The van der Waals surface area contributed by atoms with Crippen LogP contribution in [0.1, 0.15) is 15.9 Å². The van der Waals surface area contributed by atoms with E-state index in [1.165, 1.54) is 12.3 Å². The number of nitrogens with two attached hydrogens (primary N) is 2. The van der Waals surface area contributed by atoms with Gasteiger partial charge in [0.05, 0.1) is 17.4 Å². The molecule has 0 atom stereocenters. The number of carbonyl (C=O) groups excluding carboxylic acids is 1. The zero-order valence-electron chi connectivity index (χ0n) is 9.97. The summed E-state index contributed by atoms with van der Waals surface area (Å²) in [5.74, 6) is -0.162. The topological polar surface area (TPSA) is 94.0 Å². The summed E-state index contributed by atoms with van der Waals surface area (Å²) < 4.78 is 0. The van der Waals surface area contributed by atoms with Crippen LogP contribution in [0.3, 0.4) is 0 Å². The van der Waals surface area contributed by atoms with E-state index in [2.05, 4.69) is 10.3 Å². The third-order valence-corrected chi connectivity index (χ3v) is 2.49. The van der Waals surface area contributed by atoms with Crippen LogP contribution in [0, 0.1) is 6.92 Å². The van der Waals surface area contributed by atoms with Crippen LogP contribution < -0.4 is 16.8 Å². The predicted octanol–water partition coefficient (Wildman–Crippen LogP) is 1.81. The Morgan fingerprint density at radius 3 is 2.56 bits per heavy atom. The number of nitrogens with one attached hydrogen (secondary N) is 1. The highest BCUT2D eigenvalue weighted by Crippen LogP contribution is 2.20. The Hall–Kier alpha value is -2.56. The van der Waals surface area contributed by atoms with Crippen LogP contribution in [0.5, 0.6) is 0 Å². The van der Waals surface area contributed by atoms with Gasteiger partial charge in [-0.3, -0.25) is 4.79 Å². The lowest BCUT2D eigenvalue weighted by Gasteiger charge is -2.09. The van der Waals surface area contributed by atoms with E-state index in [9.17, 15) is 4.79 Å². The second-order valence-corrected chi connectivity index (χ2v) is 4.02. The van der Waals surface area contributed by atoms with E-state index in [1.807, 2.05) is 31.2 Å². The molecule has 0 fully saturated rings. The molecule has 0 saturated carbocycles. The Labute approximate surface area is 105 Å². The lowest BCUT2D eigenvalue weighted by molar-refractivity contribution is 0.100. The smallest absolute Gasteiger partial charge is 0.252 e. The molecular weight excluding hydrogens is 228 g/mol. The number of nitrogens with zero attached hydrogens (tertiary/aromatic N) is 1. The first kappa shape index (κ1) is 11.9. The molecule has 0 saturated heterocycles. The molecule has 1 heterocycles. The summed E-state index contributed by atoms with van der Waals surface area (Å²) in [7, 11) is 0. The predicted molar refractivity (Wildman–Crippen MR) is 71.6 cm³/mol. The SMILES string of the molecule is Cc1ccc(Nc2ncc(N)cc2C(N)=O)cc1. The minimum absolute atomic E-state index is 0.274. The molecule has 0 aliphatic rings. The number of amides is 1. The number of benzene rings is 1. The van der Waals surface area contributed by atoms with E-state index in [0.29, 0.717) is 11.5 Å². The fourth-order valence-corrected chi connectivity index (χ4v) is 1.54. The highest BCUT2D eigenvalue weighted by Gasteiger charge is 2.10. The number of aromatic nitrogens is 1. The fraction of sp³-hybridized carbons (Fsp3) is 0.0769. The number of rotatable bonds is 3. The Morgan fingerprint density at radius 1 is 1.28 bits per heavy atom. The van der Waals surface area contributed by atoms with Crippen LogP contribution in [0.2, 0.25) is 0 Å². The Bertz CT molecular complexity index is 578. The van der Waals surface area contributed by atoms with Gasteiger partial charge in [0.2, 0.25) is 0 Å².